The molecule has 0 unspecified atom stereocenters. The highest BCUT2D eigenvalue weighted by atomic mass is 35.5. The molecule has 0 saturated carbocycles. The number of aromatic nitrogens is 2. The molecule has 7 heteroatoms. The molecule has 0 fully saturated rings. The van der Waals surface area contributed by atoms with Crippen LogP contribution in [0, 0.1) is 0 Å². The molecule has 0 bridgehead atoms. The summed E-state index contributed by atoms with van der Waals surface area (Å²) in [6, 6.07) is 7.20. The van der Waals surface area contributed by atoms with Crippen LogP contribution in [0.25, 0.3) is 0 Å². The number of nitrogens with one attached hydrogen (secondary N) is 2. The lowest BCUT2D eigenvalue weighted by Crippen LogP contribution is -2.43. The Morgan fingerprint density at radius 2 is 2.00 bits per heavy atom. The van der Waals surface area contributed by atoms with Gasteiger partial charge in [-0.05, 0) is 31.5 Å². The van der Waals surface area contributed by atoms with E-state index < -0.39 is 5.41 Å². The predicted molar refractivity (Wildman–Crippen MR) is 84.8 cm³/mol. The van der Waals surface area contributed by atoms with Crippen LogP contribution in [0.1, 0.15) is 19.4 Å². The van der Waals surface area contributed by atoms with Gasteiger partial charge in [0.15, 0.2) is 0 Å². The molecule has 0 spiro atoms. The van der Waals surface area contributed by atoms with Crippen molar-refractivity contribution in [2.24, 2.45) is 0 Å². The van der Waals surface area contributed by atoms with Gasteiger partial charge in [0.1, 0.15) is 0 Å². The van der Waals surface area contributed by atoms with E-state index in [1.165, 1.54) is 19.5 Å². The number of anilines is 1. The van der Waals surface area contributed by atoms with Crippen molar-refractivity contribution < 1.29 is 9.53 Å². The van der Waals surface area contributed by atoms with E-state index in [0.717, 1.165) is 5.56 Å². The van der Waals surface area contributed by atoms with Crippen LogP contribution in [0.15, 0.2) is 36.7 Å². The average Bonchev–Trinajstić information content (AvgIpc) is 2.52. The number of nitrogens with zero attached hydrogens (tertiary/aromatic N) is 2. The highest BCUT2D eigenvalue weighted by Crippen LogP contribution is 2.26. The van der Waals surface area contributed by atoms with Crippen molar-refractivity contribution in [1.29, 1.82) is 0 Å². The largest absolute Gasteiger partial charge is 0.478 e. The molecule has 116 valence electrons. The van der Waals surface area contributed by atoms with Gasteiger partial charge >= 0.3 is 0 Å². The predicted octanol–water partition coefficient (Wildman–Crippen LogP) is 2.56. The van der Waals surface area contributed by atoms with E-state index in [4.69, 9.17) is 16.3 Å². The SMILES string of the molecule is COc1nccnc1NNC(=O)C(C)(C)c1cccc(Cl)c1. The normalized spacial score (nSPS) is 10.9. The van der Waals surface area contributed by atoms with Gasteiger partial charge in [0, 0.05) is 17.4 Å². The fraction of sp³-hybridized carbons (Fsp3) is 0.267. The van der Waals surface area contributed by atoms with Crippen molar-refractivity contribution in [3.8, 4) is 5.88 Å². The molecule has 1 aromatic heterocycles. The Labute approximate surface area is 133 Å². The zero-order valence-corrected chi connectivity index (χ0v) is 13.3. The van der Waals surface area contributed by atoms with E-state index in [1.54, 1.807) is 12.1 Å². The zero-order chi connectivity index (χ0) is 16.2. The van der Waals surface area contributed by atoms with Crippen molar-refractivity contribution in [1.82, 2.24) is 15.4 Å². The molecular weight excluding hydrogens is 304 g/mol. The quantitative estimate of drug-likeness (QED) is 0.828. The zero-order valence-electron chi connectivity index (χ0n) is 12.6. The summed E-state index contributed by atoms with van der Waals surface area (Å²) in [7, 11) is 1.48. The summed E-state index contributed by atoms with van der Waals surface area (Å²) in [5.74, 6) is 0.395. The van der Waals surface area contributed by atoms with Gasteiger partial charge in [0.2, 0.25) is 11.7 Å². The first-order chi connectivity index (χ1) is 10.4. The van der Waals surface area contributed by atoms with Crippen LogP contribution in [0.5, 0.6) is 5.88 Å². The van der Waals surface area contributed by atoms with Gasteiger partial charge in [-0.2, -0.15) is 0 Å². The molecule has 1 amide bonds. The summed E-state index contributed by atoms with van der Waals surface area (Å²) in [6.07, 6.45) is 3.00. The maximum Gasteiger partial charge on any atom is 0.258 e. The van der Waals surface area contributed by atoms with E-state index in [-0.39, 0.29) is 5.91 Å². The molecule has 0 aliphatic rings. The van der Waals surface area contributed by atoms with E-state index >= 15 is 0 Å². The van der Waals surface area contributed by atoms with E-state index in [1.807, 2.05) is 26.0 Å². The van der Waals surface area contributed by atoms with Crippen molar-refractivity contribution in [3.05, 3.63) is 47.2 Å². The Kier molecular flexibility index (Phi) is 4.82. The van der Waals surface area contributed by atoms with E-state index in [9.17, 15) is 4.79 Å². The Morgan fingerprint density at radius 1 is 1.27 bits per heavy atom. The van der Waals surface area contributed by atoms with Gasteiger partial charge < -0.3 is 4.74 Å². The summed E-state index contributed by atoms with van der Waals surface area (Å²) in [5.41, 5.74) is 5.38. The van der Waals surface area contributed by atoms with Crippen LogP contribution in [0.3, 0.4) is 0 Å². The highest BCUT2D eigenvalue weighted by Gasteiger charge is 2.30. The average molecular weight is 321 g/mol. The molecule has 2 N–H and O–H groups in total. The smallest absolute Gasteiger partial charge is 0.258 e. The Hall–Kier alpha value is -2.34. The van der Waals surface area contributed by atoms with Crippen molar-refractivity contribution in [2.45, 2.75) is 19.3 Å². The number of amides is 1. The van der Waals surface area contributed by atoms with Crippen LogP contribution in [-0.4, -0.2) is 23.0 Å². The number of carbonyl (C=O) groups excluding carboxylic acids is 1. The van der Waals surface area contributed by atoms with E-state index in [0.29, 0.717) is 16.7 Å². The lowest BCUT2D eigenvalue weighted by atomic mass is 9.84. The van der Waals surface area contributed by atoms with Crippen molar-refractivity contribution in [2.75, 3.05) is 12.5 Å². The van der Waals surface area contributed by atoms with Gasteiger partial charge in [-0.25, -0.2) is 9.97 Å². The highest BCUT2D eigenvalue weighted by molar-refractivity contribution is 6.30. The Morgan fingerprint density at radius 3 is 2.68 bits per heavy atom. The Balaban J connectivity index is 2.11. The minimum Gasteiger partial charge on any atom is -0.478 e. The first kappa shape index (κ1) is 16.0. The number of methoxy groups -OCH3 is 1. The summed E-state index contributed by atoms with van der Waals surface area (Å²) < 4.78 is 5.06. The second-order valence-electron chi connectivity index (χ2n) is 5.13. The standard InChI is InChI=1S/C15H17ClN4O2/c1-15(2,10-5-4-6-11(16)9-10)14(21)20-19-12-13(22-3)18-8-7-17-12/h4-9H,1-3H3,(H,17,19)(H,20,21). The molecule has 22 heavy (non-hydrogen) atoms. The summed E-state index contributed by atoms with van der Waals surface area (Å²) >= 11 is 5.99. The van der Waals surface area contributed by atoms with Gasteiger partial charge in [0.25, 0.3) is 5.88 Å². The third-order valence-corrected chi connectivity index (χ3v) is 3.50. The topological polar surface area (TPSA) is 76.1 Å². The van der Waals surface area contributed by atoms with Crippen molar-refractivity contribution in [3.63, 3.8) is 0 Å². The molecule has 1 heterocycles. The van der Waals surface area contributed by atoms with E-state index in [2.05, 4.69) is 20.8 Å². The molecule has 0 aliphatic carbocycles. The number of rotatable bonds is 5. The molecule has 0 atom stereocenters. The number of carbonyl (C=O) groups is 1. The number of hydrazine groups is 1. The van der Waals surface area contributed by atoms with Gasteiger partial charge in [-0.15, -0.1) is 0 Å². The molecule has 0 radical (unpaired) electrons. The van der Waals surface area contributed by atoms with Crippen LogP contribution in [-0.2, 0) is 10.2 Å². The molecule has 2 aromatic rings. The summed E-state index contributed by atoms with van der Waals surface area (Å²) in [4.78, 5) is 20.5. The third-order valence-electron chi connectivity index (χ3n) is 3.27. The summed E-state index contributed by atoms with van der Waals surface area (Å²) in [5, 5.41) is 0.585. The first-order valence-corrected chi connectivity index (χ1v) is 7.00. The first-order valence-electron chi connectivity index (χ1n) is 6.62. The fourth-order valence-electron chi connectivity index (χ4n) is 1.84. The molecule has 0 saturated heterocycles. The third kappa shape index (κ3) is 3.46. The number of ether oxygens (including phenoxy) is 1. The number of benzene rings is 1. The minimum atomic E-state index is -0.770. The van der Waals surface area contributed by atoms with Crippen LogP contribution in [0.4, 0.5) is 5.82 Å². The monoisotopic (exact) mass is 320 g/mol. The minimum absolute atomic E-state index is 0.234. The lowest BCUT2D eigenvalue weighted by Gasteiger charge is -2.24. The number of halogens is 1. The van der Waals surface area contributed by atoms with Gasteiger partial charge in [-0.3, -0.25) is 15.6 Å². The molecule has 0 aliphatic heterocycles. The summed E-state index contributed by atoms with van der Waals surface area (Å²) in [6.45, 7) is 3.62. The molecular formula is C15H17ClN4O2. The maximum absolute atomic E-state index is 12.4. The number of hydrogen-bond donors (Lipinski definition) is 2. The second-order valence-corrected chi connectivity index (χ2v) is 5.57. The maximum atomic E-state index is 12.4. The van der Waals surface area contributed by atoms with Gasteiger partial charge in [-0.1, -0.05) is 23.7 Å². The van der Waals surface area contributed by atoms with Crippen molar-refractivity contribution >= 4 is 23.3 Å². The van der Waals surface area contributed by atoms with Crippen LogP contribution in [0.2, 0.25) is 5.02 Å². The Bertz CT molecular complexity index is 676. The second kappa shape index (κ2) is 6.62. The van der Waals surface area contributed by atoms with Gasteiger partial charge in [0.05, 0.1) is 12.5 Å². The van der Waals surface area contributed by atoms with Crippen LogP contribution < -0.4 is 15.6 Å². The molecule has 6 nitrogen and oxygen atoms in total. The molecule has 2 rings (SSSR count). The fourth-order valence-corrected chi connectivity index (χ4v) is 2.03. The number of hydrogen-bond acceptors (Lipinski definition) is 5. The lowest BCUT2D eigenvalue weighted by molar-refractivity contribution is -0.125. The van der Waals surface area contributed by atoms with Crippen LogP contribution >= 0.6 is 11.6 Å². The molecule has 1 aromatic carbocycles.